The summed E-state index contributed by atoms with van der Waals surface area (Å²) in [5.74, 6) is -1.81. The summed E-state index contributed by atoms with van der Waals surface area (Å²) in [6.45, 7) is 3.42. The van der Waals surface area contributed by atoms with Crippen molar-refractivity contribution in [3.8, 4) is 12.1 Å². The molecular weight excluding hydrogens is 198 g/mol. The van der Waals surface area contributed by atoms with Gasteiger partial charge in [0.25, 0.3) is 0 Å². The summed E-state index contributed by atoms with van der Waals surface area (Å²) < 4.78 is 0. The zero-order valence-corrected chi connectivity index (χ0v) is 8.68. The molecule has 5 heteroatoms. The number of rotatable bonds is 0. The molecule has 1 saturated heterocycles. The number of carbonyl (C=O) groups excluding carboxylic acids is 1. The Hall–Kier alpha value is -1.46. The lowest BCUT2D eigenvalue weighted by atomic mass is 9.67. The number of nitrogens with one attached hydrogen (secondary N) is 1. The number of carbonyl (C=O) groups is 1. The number of hydrogen-bond acceptors (Lipinski definition) is 4. The Labute approximate surface area is 87.5 Å². The lowest BCUT2D eigenvalue weighted by Gasteiger charge is -2.37. The van der Waals surface area contributed by atoms with E-state index < -0.39 is 23.2 Å². The minimum atomic E-state index is -0.821. The minimum Gasteiger partial charge on any atom is -0.318 e. The normalized spacial score (nSPS) is 30.0. The first-order valence-electron chi connectivity index (χ1n) is 4.09. The van der Waals surface area contributed by atoms with Gasteiger partial charge in [0.2, 0.25) is 5.91 Å². The molecule has 0 bridgehead atoms. The molecule has 1 fully saturated rings. The highest BCUT2D eigenvalue weighted by atomic mass is 32.1. The lowest BCUT2D eigenvalue weighted by Crippen LogP contribution is -2.54. The summed E-state index contributed by atoms with van der Waals surface area (Å²) in [7, 11) is 0. The molecule has 14 heavy (non-hydrogen) atoms. The monoisotopic (exact) mass is 207 g/mol. The van der Waals surface area contributed by atoms with Crippen LogP contribution in [-0.2, 0) is 4.79 Å². The van der Waals surface area contributed by atoms with E-state index in [1.807, 2.05) is 12.1 Å². The number of nitrogens with zero attached hydrogens (tertiary/aromatic N) is 2. The molecule has 0 spiro atoms. The van der Waals surface area contributed by atoms with Crippen LogP contribution in [0, 0.1) is 39.9 Å². The van der Waals surface area contributed by atoms with E-state index in [0.717, 1.165) is 0 Å². The van der Waals surface area contributed by atoms with Gasteiger partial charge in [-0.1, -0.05) is 26.1 Å². The molecule has 0 aromatic carbocycles. The van der Waals surface area contributed by atoms with Crippen LogP contribution < -0.4 is 5.32 Å². The van der Waals surface area contributed by atoms with Gasteiger partial charge in [0.1, 0.15) is 11.8 Å². The van der Waals surface area contributed by atoms with Crippen LogP contribution in [0.5, 0.6) is 0 Å². The highest BCUT2D eigenvalue weighted by Crippen LogP contribution is 2.38. The van der Waals surface area contributed by atoms with Crippen molar-refractivity contribution in [1.29, 1.82) is 10.5 Å². The largest absolute Gasteiger partial charge is 0.318 e. The molecule has 2 atom stereocenters. The summed E-state index contributed by atoms with van der Waals surface area (Å²) in [5, 5.41) is 20.1. The Balaban J connectivity index is 3.17. The summed E-state index contributed by atoms with van der Waals surface area (Å²) in [4.78, 5) is 11.6. The summed E-state index contributed by atoms with van der Waals surface area (Å²) >= 11 is 4.89. The van der Waals surface area contributed by atoms with Crippen molar-refractivity contribution in [1.82, 2.24) is 5.32 Å². The first kappa shape index (κ1) is 10.6. The number of hydrogen-bond donors (Lipinski definition) is 1. The maximum absolute atomic E-state index is 11.4. The van der Waals surface area contributed by atoms with E-state index in [9.17, 15) is 4.79 Å². The van der Waals surface area contributed by atoms with E-state index in [1.54, 1.807) is 13.8 Å². The van der Waals surface area contributed by atoms with E-state index in [-0.39, 0.29) is 4.99 Å². The van der Waals surface area contributed by atoms with Crippen molar-refractivity contribution in [3.63, 3.8) is 0 Å². The van der Waals surface area contributed by atoms with Crippen LogP contribution in [0.25, 0.3) is 0 Å². The zero-order chi connectivity index (χ0) is 10.9. The maximum Gasteiger partial charge on any atom is 0.242 e. The Morgan fingerprint density at radius 2 is 1.86 bits per heavy atom. The second-order valence-electron chi connectivity index (χ2n) is 3.80. The van der Waals surface area contributed by atoms with Gasteiger partial charge < -0.3 is 5.32 Å². The Bertz CT molecular complexity index is 340. The van der Waals surface area contributed by atoms with E-state index in [1.165, 1.54) is 0 Å². The van der Waals surface area contributed by atoms with E-state index in [4.69, 9.17) is 22.7 Å². The van der Waals surface area contributed by atoms with Gasteiger partial charge in [-0.15, -0.1) is 0 Å². The van der Waals surface area contributed by atoms with Crippen LogP contribution in [0.4, 0.5) is 0 Å². The van der Waals surface area contributed by atoms with Gasteiger partial charge in [0.05, 0.1) is 17.1 Å². The SMILES string of the molecule is CC1(C)C(C#N)C(=O)NC(=S)C1C#N. The molecule has 1 aliphatic heterocycles. The fraction of sp³-hybridized carbons (Fsp3) is 0.556. The zero-order valence-electron chi connectivity index (χ0n) is 7.87. The molecular formula is C9H9N3OS. The van der Waals surface area contributed by atoms with Crippen LogP contribution in [0.1, 0.15) is 13.8 Å². The summed E-state index contributed by atoms with van der Waals surface area (Å²) in [5.41, 5.74) is -0.719. The van der Waals surface area contributed by atoms with Crippen LogP contribution in [0.2, 0.25) is 0 Å². The fourth-order valence-electron chi connectivity index (χ4n) is 1.56. The molecule has 0 saturated carbocycles. The van der Waals surface area contributed by atoms with Crippen molar-refractivity contribution < 1.29 is 4.79 Å². The standard InChI is InChI=1S/C9H9N3OS/c1-9(2)5(3-10)7(13)12-8(14)6(9)4-11/h5-6H,1-2H3,(H,12,13,14). The molecule has 1 rings (SSSR count). The topological polar surface area (TPSA) is 76.7 Å². The Kier molecular flexibility index (Phi) is 2.55. The first-order valence-corrected chi connectivity index (χ1v) is 4.50. The highest BCUT2D eigenvalue weighted by Gasteiger charge is 2.48. The van der Waals surface area contributed by atoms with Crippen molar-refractivity contribution >= 4 is 23.1 Å². The molecule has 0 radical (unpaired) electrons. The summed E-state index contributed by atoms with van der Waals surface area (Å²) in [6, 6.07) is 3.93. The smallest absolute Gasteiger partial charge is 0.242 e. The molecule has 2 unspecified atom stereocenters. The molecule has 1 amide bonds. The van der Waals surface area contributed by atoms with Crippen molar-refractivity contribution in [2.75, 3.05) is 0 Å². The van der Waals surface area contributed by atoms with Gasteiger partial charge in [0, 0.05) is 5.41 Å². The van der Waals surface area contributed by atoms with Crippen molar-refractivity contribution in [2.45, 2.75) is 13.8 Å². The third kappa shape index (κ3) is 1.36. The quantitative estimate of drug-likeness (QED) is 0.594. The minimum absolute atomic E-state index is 0.217. The van der Waals surface area contributed by atoms with E-state index in [0.29, 0.717) is 0 Å². The second kappa shape index (κ2) is 3.36. The second-order valence-corrected chi connectivity index (χ2v) is 4.24. The number of amides is 1. The molecule has 4 nitrogen and oxygen atoms in total. The third-order valence-corrected chi connectivity index (χ3v) is 2.85. The van der Waals surface area contributed by atoms with Gasteiger partial charge in [-0.2, -0.15) is 10.5 Å². The average Bonchev–Trinajstić information content (AvgIpc) is 2.02. The Morgan fingerprint density at radius 1 is 1.36 bits per heavy atom. The lowest BCUT2D eigenvalue weighted by molar-refractivity contribution is -0.126. The van der Waals surface area contributed by atoms with Gasteiger partial charge in [-0.25, -0.2) is 0 Å². The highest BCUT2D eigenvalue weighted by molar-refractivity contribution is 7.80. The number of thiocarbonyl (C=S) groups is 1. The molecule has 1 N–H and O–H groups in total. The number of nitriles is 2. The predicted molar refractivity (Wildman–Crippen MR) is 52.7 cm³/mol. The third-order valence-electron chi connectivity index (χ3n) is 2.52. The predicted octanol–water partition coefficient (Wildman–Crippen LogP) is 0.749. The van der Waals surface area contributed by atoms with Crippen LogP contribution in [-0.4, -0.2) is 10.9 Å². The first-order chi connectivity index (χ1) is 6.45. The van der Waals surface area contributed by atoms with Crippen LogP contribution >= 0.6 is 12.2 Å². The van der Waals surface area contributed by atoms with Crippen molar-refractivity contribution in [3.05, 3.63) is 0 Å². The molecule has 72 valence electrons. The molecule has 1 heterocycles. The van der Waals surface area contributed by atoms with Gasteiger partial charge in [-0.05, 0) is 0 Å². The molecule has 0 aliphatic carbocycles. The molecule has 0 aromatic heterocycles. The average molecular weight is 207 g/mol. The van der Waals surface area contributed by atoms with Crippen molar-refractivity contribution in [2.24, 2.45) is 17.3 Å². The van der Waals surface area contributed by atoms with E-state index in [2.05, 4.69) is 5.32 Å². The summed E-state index contributed by atoms with van der Waals surface area (Å²) in [6.07, 6.45) is 0. The maximum atomic E-state index is 11.4. The van der Waals surface area contributed by atoms with Crippen LogP contribution in [0.15, 0.2) is 0 Å². The number of piperidine rings is 1. The Morgan fingerprint density at radius 3 is 2.29 bits per heavy atom. The van der Waals surface area contributed by atoms with Gasteiger partial charge >= 0.3 is 0 Å². The molecule has 0 aromatic rings. The van der Waals surface area contributed by atoms with Gasteiger partial charge in [-0.3, -0.25) is 4.79 Å². The van der Waals surface area contributed by atoms with Gasteiger partial charge in [0.15, 0.2) is 0 Å². The van der Waals surface area contributed by atoms with E-state index >= 15 is 0 Å². The van der Waals surface area contributed by atoms with Crippen LogP contribution in [0.3, 0.4) is 0 Å². The fourth-order valence-corrected chi connectivity index (χ4v) is 2.02. The molecule has 1 aliphatic rings.